The number of hydrogen-bond acceptors (Lipinski definition) is 3. The van der Waals surface area contributed by atoms with Crippen LogP contribution in [0.5, 0.6) is 5.75 Å². The number of ether oxygens (including phenoxy) is 1. The second kappa shape index (κ2) is 5.25. The van der Waals surface area contributed by atoms with Crippen molar-refractivity contribution in [1.82, 2.24) is 5.32 Å². The highest BCUT2D eigenvalue weighted by Crippen LogP contribution is 2.15. The highest BCUT2D eigenvalue weighted by Gasteiger charge is 2.05. The molecule has 14 heavy (non-hydrogen) atoms. The molecule has 0 spiro atoms. The fourth-order valence-corrected chi connectivity index (χ4v) is 1.08. The monoisotopic (exact) mass is 190 g/mol. The highest BCUT2D eigenvalue weighted by molar-refractivity contribution is 5.31. The maximum Gasteiger partial charge on any atom is 0.129 e. The van der Waals surface area contributed by atoms with Crippen molar-refractivity contribution in [2.24, 2.45) is 0 Å². The zero-order chi connectivity index (χ0) is 10.4. The van der Waals surface area contributed by atoms with Gasteiger partial charge in [-0.1, -0.05) is 18.2 Å². The van der Waals surface area contributed by atoms with Crippen LogP contribution in [0.1, 0.15) is 5.56 Å². The van der Waals surface area contributed by atoms with Gasteiger partial charge in [-0.15, -0.1) is 0 Å². The lowest BCUT2D eigenvalue weighted by molar-refractivity contribution is 0.293. The number of aryl methyl sites for hydroxylation is 1. The van der Waals surface area contributed by atoms with Crippen LogP contribution in [-0.2, 0) is 0 Å². The normalized spacial score (nSPS) is 11.8. The first-order chi connectivity index (χ1) is 6.77. The van der Waals surface area contributed by atoms with E-state index in [1.54, 1.807) is 7.05 Å². The highest BCUT2D eigenvalue weighted by atomic mass is 16.5. The molecule has 0 bridgehead atoms. The van der Waals surface area contributed by atoms with E-state index >= 15 is 0 Å². The summed E-state index contributed by atoms with van der Waals surface area (Å²) in [7, 11) is 1.75. The number of nitriles is 1. The molecule has 3 heteroatoms. The number of nitrogens with one attached hydrogen (secondary N) is 1. The Labute approximate surface area is 84.3 Å². The third kappa shape index (κ3) is 2.75. The van der Waals surface area contributed by atoms with Crippen LogP contribution in [0, 0.1) is 18.3 Å². The molecule has 0 aliphatic rings. The molecule has 1 aromatic rings. The minimum atomic E-state index is -0.255. The third-order valence-electron chi connectivity index (χ3n) is 2.00. The molecular weight excluding hydrogens is 176 g/mol. The van der Waals surface area contributed by atoms with E-state index in [0.29, 0.717) is 6.61 Å². The largest absolute Gasteiger partial charge is 0.491 e. The maximum absolute atomic E-state index is 8.68. The lowest BCUT2D eigenvalue weighted by atomic mass is 10.2. The summed E-state index contributed by atoms with van der Waals surface area (Å²) >= 11 is 0. The summed E-state index contributed by atoms with van der Waals surface area (Å²) in [6, 6.07) is 9.61. The molecule has 0 aliphatic heterocycles. The molecule has 1 atom stereocenters. The average molecular weight is 190 g/mol. The van der Waals surface area contributed by atoms with Gasteiger partial charge in [0.05, 0.1) is 6.07 Å². The Balaban J connectivity index is 2.54. The van der Waals surface area contributed by atoms with E-state index in [9.17, 15) is 0 Å². The van der Waals surface area contributed by atoms with Gasteiger partial charge in [-0.2, -0.15) is 5.26 Å². The molecule has 0 aromatic heterocycles. The van der Waals surface area contributed by atoms with E-state index in [1.165, 1.54) is 0 Å². The van der Waals surface area contributed by atoms with Gasteiger partial charge >= 0.3 is 0 Å². The molecule has 0 heterocycles. The molecular formula is C11H14N2O. The van der Waals surface area contributed by atoms with Crippen LogP contribution in [0.25, 0.3) is 0 Å². The van der Waals surface area contributed by atoms with Crippen molar-refractivity contribution in [3.8, 4) is 11.8 Å². The molecule has 1 rings (SSSR count). The lowest BCUT2D eigenvalue weighted by Gasteiger charge is -2.11. The third-order valence-corrected chi connectivity index (χ3v) is 2.00. The molecule has 0 saturated carbocycles. The van der Waals surface area contributed by atoms with Crippen LogP contribution in [0.3, 0.4) is 0 Å². The topological polar surface area (TPSA) is 45.0 Å². The molecule has 0 amide bonds. The Morgan fingerprint density at radius 1 is 1.50 bits per heavy atom. The quantitative estimate of drug-likeness (QED) is 0.782. The number of hydrogen-bond donors (Lipinski definition) is 1. The van der Waals surface area contributed by atoms with E-state index in [4.69, 9.17) is 10.00 Å². The van der Waals surface area contributed by atoms with E-state index in [0.717, 1.165) is 11.3 Å². The summed E-state index contributed by atoms with van der Waals surface area (Å²) in [5, 5.41) is 11.5. The summed E-state index contributed by atoms with van der Waals surface area (Å²) in [6.45, 7) is 2.36. The van der Waals surface area contributed by atoms with E-state index in [2.05, 4.69) is 11.4 Å². The Morgan fingerprint density at radius 3 is 2.79 bits per heavy atom. The van der Waals surface area contributed by atoms with Crippen LogP contribution in [0.15, 0.2) is 24.3 Å². The number of likely N-dealkylation sites (N-methyl/N-ethyl adjacent to an activating group) is 1. The minimum absolute atomic E-state index is 0.255. The van der Waals surface area contributed by atoms with Crippen LogP contribution in [0.4, 0.5) is 0 Å². The molecule has 0 fully saturated rings. The Hall–Kier alpha value is -1.53. The first-order valence-electron chi connectivity index (χ1n) is 4.53. The first kappa shape index (κ1) is 10.6. The Bertz CT molecular complexity index is 330. The SMILES string of the molecule is CNC(C#N)COc1ccccc1C. The molecule has 74 valence electrons. The van der Waals surface area contributed by atoms with Gasteiger partial charge < -0.3 is 10.1 Å². The fraction of sp³-hybridized carbons (Fsp3) is 0.364. The predicted molar refractivity (Wildman–Crippen MR) is 55.1 cm³/mol. The van der Waals surface area contributed by atoms with Gasteiger partial charge in [0.2, 0.25) is 0 Å². The van der Waals surface area contributed by atoms with Gasteiger partial charge in [-0.3, -0.25) is 0 Å². The van der Waals surface area contributed by atoms with Gasteiger partial charge in [0, 0.05) is 0 Å². The zero-order valence-electron chi connectivity index (χ0n) is 8.45. The summed E-state index contributed by atoms with van der Waals surface area (Å²) in [4.78, 5) is 0. The molecule has 1 aromatic carbocycles. The van der Waals surface area contributed by atoms with Crippen molar-refractivity contribution in [2.45, 2.75) is 13.0 Å². The first-order valence-corrected chi connectivity index (χ1v) is 4.53. The van der Waals surface area contributed by atoms with Crippen molar-refractivity contribution in [3.05, 3.63) is 29.8 Å². The maximum atomic E-state index is 8.68. The average Bonchev–Trinajstić information content (AvgIpc) is 2.22. The summed E-state index contributed by atoms with van der Waals surface area (Å²) in [5.41, 5.74) is 1.08. The molecule has 1 unspecified atom stereocenters. The fourth-order valence-electron chi connectivity index (χ4n) is 1.08. The molecule has 0 aliphatic carbocycles. The predicted octanol–water partition coefficient (Wildman–Crippen LogP) is 1.49. The second-order valence-corrected chi connectivity index (χ2v) is 3.05. The molecule has 0 radical (unpaired) electrons. The van der Waals surface area contributed by atoms with Crippen molar-refractivity contribution < 1.29 is 4.74 Å². The van der Waals surface area contributed by atoms with E-state index in [-0.39, 0.29) is 6.04 Å². The number of nitrogens with zero attached hydrogens (tertiary/aromatic N) is 1. The zero-order valence-corrected chi connectivity index (χ0v) is 8.45. The minimum Gasteiger partial charge on any atom is -0.491 e. The van der Waals surface area contributed by atoms with Crippen molar-refractivity contribution in [3.63, 3.8) is 0 Å². The molecule has 3 nitrogen and oxygen atoms in total. The van der Waals surface area contributed by atoms with Crippen LogP contribution < -0.4 is 10.1 Å². The van der Waals surface area contributed by atoms with Crippen LogP contribution in [0.2, 0.25) is 0 Å². The molecule has 1 N–H and O–H groups in total. The van der Waals surface area contributed by atoms with Crippen molar-refractivity contribution in [2.75, 3.05) is 13.7 Å². The summed E-state index contributed by atoms with van der Waals surface area (Å²) in [5.74, 6) is 0.836. The molecule has 0 saturated heterocycles. The summed E-state index contributed by atoms with van der Waals surface area (Å²) < 4.78 is 5.50. The van der Waals surface area contributed by atoms with Crippen molar-refractivity contribution >= 4 is 0 Å². The van der Waals surface area contributed by atoms with Crippen LogP contribution >= 0.6 is 0 Å². The Kier molecular flexibility index (Phi) is 3.96. The summed E-state index contributed by atoms with van der Waals surface area (Å²) in [6.07, 6.45) is 0. The second-order valence-electron chi connectivity index (χ2n) is 3.05. The van der Waals surface area contributed by atoms with E-state index < -0.39 is 0 Å². The number of rotatable bonds is 4. The number of benzene rings is 1. The van der Waals surface area contributed by atoms with Crippen molar-refractivity contribution in [1.29, 1.82) is 5.26 Å². The Morgan fingerprint density at radius 2 is 2.21 bits per heavy atom. The van der Waals surface area contributed by atoms with Gasteiger partial charge in [-0.05, 0) is 25.6 Å². The van der Waals surface area contributed by atoms with Gasteiger partial charge in [0.15, 0.2) is 0 Å². The van der Waals surface area contributed by atoms with Gasteiger partial charge in [0.25, 0.3) is 0 Å². The number of para-hydroxylation sites is 1. The van der Waals surface area contributed by atoms with Gasteiger partial charge in [0.1, 0.15) is 18.4 Å². The van der Waals surface area contributed by atoms with Crippen LogP contribution in [-0.4, -0.2) is 19.7 Å². The van der Waals surface area contributed by atoms with Gasteiger partial charge in [-0.25, -0.2) is 0 Å². The lowest BCUT2D eigenvalue weighted by Crippen LogP contribution is -2.29. The smallest absolute Gasteiger partial charge is 0.129 e. The standard InChI is InChI=1S/C11H14N2O/c1-9-5-3-4-6-11(9)14-8-10(7-12)13-2/h3-6,10,13H,8H2,1-2H3. The van der Waals surface area contributed by atoms with E-state index in [1.807, 2.05) is 31.2 Å².